The first-order chi connectivity index (χ1) is 15.7. The SMILES string of the molecule is COc1ccccc1N1CC23C=C[C@H](O2)C(C(=O)Nc2ccc(OC(F)(F)F)cc2)C3C1=O. The van der Waals surface area contributed by atoms with Crippen molar-refractivity contribution in [3.63, 3.8) is 0 Å². The molecule has 2 aromatic rings. The number of hydrogen-bond donors (Lipinski definition) is 1. The van der Waals surface area contributed by atoms with Gasteiger partial charge in [0.2, 0.25) is 11.8 Å². The number of nitrogens with zero attached hydrogens (tertiary/aromatic N) is 1. The third kappa shape index (κ3) is 3.60. The monoisotopic (exact) mass is 460 g/mol. The lowest BCUT2D eigenvalue weighted by Gasteiger charge is -2.23. The summed E-state index contributed by atoms with van der Waals surface area (Å²) in [6.45, 7) is 0.247. The number of benzene rings is 2. The van der Waals surface area contributed by atoms with Crippen molar-refractivity contribution in [3.05, 3.63) is 60.7 Å². The van der Waals surface area contributed by atoms with E-state index in [1.807, 2.05) is 6.08 Å². The second-order valence-corrected chi connectivity index (χ2v) is 8.06. The number of hydrogen-bond acceptors (Lipinski definition) is 5. The van der Waals surface area contributed by atoms with Gasteiger partial charge in [0.15, 0.2) is 0 Å². The Morgan fingerprint density at radius 3 is 2.61 bits per heavy atom. The lowest BCUT2D eigenvalue weighted by Crippen LogP contribution is -2.41. The van der Waals surface area contributed by atoms with E-state index in [2.05, 4.69) is 10.1 Å². The van der Waals surface area contributed by atoms with E-state index in [-0.39, 0.29) is 18.1 Å². The van der Waals surface area contributed by atoms with Gasteiger partial charge in [-0.2, -0.15) is 0 Å². The predicted octanol–water partition coefficient (Wildman–Crippen LogP) is 3.52. The Labute approximate surface area is 186 Å². The molecule has 0 aliphatic carbocycles. The van der Waals surface area contributed by atoms with Crippen LogP contribution in [0.2, 0.25) is 0 Å². The molecule has 3 heterocycles. The fraction of sp³-hybridized carbons (Fsp3) is 0.304. The molecule has 3 unspecified atom stereocenters. The summed E-state index contributed by atoms with van der Waals surface area (Å²) in [4.78, 5) is 28.1. The largest absolute Gasteiger partial charge is 0.573 e. The lowest BCUT2D eigenvalue weighted by atomic mass is 9.77. The van der Waals surface area contributed by atoms with Crippen molar-refractivity contribution >= 4 is 23.2 Å². The van der Waals surface area contributed by atoms with Gasteiger partial charge in [-0.3, -0.25) is 9.59 Å². The molecule has 5 rings (SSSR count). The zero-order chi connectivity index (χ0) is 23.4. The van der Waals surface area contributed by atoms with E-state index < -0.39 is 41.6 Å². The molecule has 2 amide bonds. The van der Waals surface area contributed by atoms with Crippen LogP contribution in [-0.4, -0.2) is 43.5 Å². The van der Waals surface area contributed by atoms with Crippen molar-refractivity contribution in [3.8, 4) is 11.5 Å². The number of fused-ring (bicyclic) bond motifs is 1. The molecule has 0 radical (unpaired) electrons. The molecule has 0 saturated carbocycles. The van der Waals surface area contributed by atoms with E-state index in [1.54, 1.807) is 35.2 Å². The van der Waals surface area contributed by atoms with Crippen molar-refractivity contribution in [1.29, 1.82) is 0 Å². The fourth-order valence-corrected chi connectivity index (χ4v) is 4.82. The summed E-state index contributed by atoms with van der Waals surface area (Å²) in [6.07, 6.45) is -1.75. The van der Waals surface area contributed by atoms with Crippen molar-refractivity contribution in [2.24, 2.45) is 11.8 Å². The molecule has 4 atom stereocenters. The van der Waals surface area contributed by atoms with Crippen LogP contribution in [0.3, 0.4) is 0 Å². The topological polar surface area (TPSA) is 77.1 Å². The molecule has 10 heteroatoms. The maximum Gasteiger partial charge on any atom is 0.573 e. The Morgan fingerprint density at radius 1 is 1.18 bits per heavy atom. The fourth-order valence-electron chi connectivity index (χ4n) is 4.82. The summed E-state index contributed by atoms with van der Waals surface area (Å²) in [5, 5.41) is 2.68. The van der Waals surface area contributed by atoms with E-state index in [1.165, 1.54) is 19.2 Å². The molecule has 33 heavy (non-hydrogen) atoms. The van der Waals surface area contributed by atoms with E-state index in [0.717, 1.165) is 12.1 Å². The second kappa shape index (κ2) is 7.51. The number of carbonyl (C=O) groups excluding carboxylic acids is 2. The summed E-state index contributed by atoms with van der Waals surface area (Å²) in [7, 11) is 1.52. The first kappa shape index (κ1) is 21.3. The molecule has 2 fully saturated rings. The molecule has 3 aliphatic rings. The van der Waals surface area contributed by atoms with Crippen molar-refractivity contribution in [2.45, 2.75) is 18.1 Å². The van der Waals surface area contributed by atoms with Crippen LogP contribution in [0, 0.1) is 11.8 Å². The molecule has 7 nitrogen and oxygen atoms in total. The third-order valence-electron chi connectivity index (χ3n) is 6.13. The van der Waals surface area contributed by atoms with Gasteiger partial charge in [0.1, 0.15) is 17.1 Å². The summed E-state index contributed by atoms with van der Waals surface area (Å²) in [5.74, 6) is -2.08. The van der Waals surface area contributed by atoms with Gasteiger partial charge >= 0.3 is 6.36 Å². The Bertz CT molecular complexity index is 1130. The van der Waals surface area contributed by atoms with Crippen LogP contribution in [0.4, 0.5) is 24.5 Å². The summed E-state index contributed by atoms with van der Waals surface area (Å²) in [5.41, 5.74) is -0.0503. The number of ether oxygens (including phenoxy) is 3. The van der Waals surface area contributed by atoms with E-state index in [4.69, 9.17) is 9.47 Å². The maximum absolute atomic E-state index is 13.4. The van der Waals surface area contributed by atoms with Crippen LogP contribution < -0.4 is 19.7 Å². The third-order valence-corrected chi connectivity index (χ3v) is 6.13. The maximum atomic E-state index is 13.4. The highest BCUT2D eigenvalue weighted by Crippen LogP contribution is 2.53. The number of halogens is 3. The Balaban J connectivity index is 1.36. The van der Waals surface area contributed by atoms with Crippen molar-refractivity contribution in [2.75, 3.05) is 23.9 Å². The van der Waals surface area contributed by atoms with Crippen LogP contribution in [0.25, 0.3) is 0 Å². The average molecular weight is 460 g/mol. The lowest BCUT2D eigenvalue weighted by molar-refractivity contribution is -0.274. The molecule has 2 aromatic carbocycles. The molecule has 2 bridgehead atoms. The van der Waals surface area contributed by atoms with Crippen LogP contribution in [0.5, 0.6) is 11.5 Å². The highest BCUT2D eigenvalue weighted by molar-refractivity contribution is 6.06. The zero-order valence-corrected chi connectivity index (χ0v) is 17.3. The average Bonchev–Trinajstić information content (AvgIpc) is 3.42. The first-order valence-electron chi connectivity index (χ1n) is 10.2. The Morgan fingerprint density at radius 2 is 1.91 bits per heavy atom. The number of carbonyl (C=O) groups is 2. The Kier molecular flexibility index (Phi) is 4.86. The van der Waals surface area contributed by atoms with Crippen LogP contribution in [0.1, 0.15) is 0 Å². The Hall–Kier alpha value is -3.53. The van der Waals surface area contributed by atoms with Gasteiger partial charge in [-0.1, -0.05) is 24.3 Å². The van der Waals surface area contributed by atoms with Gasteiger partial charge in [-0.05, 0) is 36.4 Å². The predicted molar refractivity (Wildman–Crippen MR) is 111 cm³/mol. The zero-order valence-electron chi connectivity index (χ0n) is 17.3. The molecule has 2 saturated heterocycles. The van der Waals surface area contributed by atoms with Crippen molar-refractivity contribution in [1.82, 2.24) is 0 Å². The molecule has 0 aromatic heterocycles. The van der Waals surface area contributed by atoms with E-state index in [0.29, 0.717) is 11.4 Å². The molecular weight excluding hydrogens is 441 g/mol. The van der Waals surface area contributed by atoms with E-state index in [9.17, 15) is 22.8 Å². The number of anilines is 2. The smallest absolute Gasteiger partial charge is 0.495 e. The number of rotatable bonds is 5. The summed E-state index contributed by atoms with van der Waals surface area (Å²) >= 11 is 0. The second-order valence-electron chi connectivity index (χ2n) is 8.06. The summed E-state index contributed by atoms with van der Waals surface area (Å²) in [6, 6.07) is 11.9. The van der Waals surface area contributed by atoms with Gasteiger partial charge < -0.3 is 24.4 Å². The minimum absolute atomic E-state index is 0.247. The molecule has 172 valence electrons. The number of methoxy groups -OCH3 is 1. The van der Waals surface area contributed by atoms with Gasteiger partial charge in [-0.25, -0.2) is 0 Å². The minimum Gasteiger partial charge on any atom is -0.495 e. The van der Waals surface area contributed by atoms with Gasteiger partial charge in [0.25, 0.3) is 0 Å². The number of nitrogens with one attached hydrogen (secondary N) is 1. The minimum atomic E-state index is -4.80. The molecular formula is C23H19F3N2O5. The standard InChI is InChI=1S/C23H19F3N2O5/c1-31-16-5-3-2-4-15(16)28-12-22-11-10-17(33-22)18(19(22)21(28)30)20(29)27-13-6-8-14(9-7-13)32-23(24,25)26/h2-11,17-19H,12H2,1H3,(H,27,29)/t17-,18?,19?,22?/m0/s1. The van der Waals surface area contributed by atoms with Crippen LogP contribution in [-0.2, 0) is 14.3 Å². The van der Waals surface area contributed by atoms with Crippen LogP contribution in [0.15, 0.2) is 60.7 Å². The van der Waals surface area contributed by atoms with Gasteiger partial charge in [-0.15, -0.1) is 13.2 Å². The highest BCUT2D eigenvalue weighted by Gasteiger charge is 2.67. The number of para-hydroxylation sites is 2. The highest BCUT2D eigenvalue weighted by atomic mass is 19.4. The normalized spacial score (nSPS) is 27.6. The number of alkyl halides is 3. The molecule has 3 aliphatic heterocycles. The summed E-state index contributed by atoms with van der Waals surface area (Å²) < 4.78 is 52.4. The van der Waals surface area contributed by atoms with Crippen molar-refractivity contribution < 1.29 is 37.0 Å². The first-order valence-corrected chi connectivity index (χ1v) is 10.2. The molecule has 1 spiro atoms. The van der Waals surface area contributed by atoms with Gasteiger partial charge in [0, 0.05) is 5.69 Å². The molecule has 1 N–H and O–H groups in total. The van der Waals surface area contributed by atoms with Gasteiger partial charge in [0.05, 0.1) is 37.3 Å². The number of amides is 2. The van der Waals surface area contributed by atoms with Crippen LogP contribution >= 0.6 is 0 Å². The quantitative estimate of drug-likeness (QED) is 0.691. The van der Waals surface area contributed by atoms with E-state index >= 15 is 0 Å².